The van der Waals surface area contributed by atoms with Crippen molar-refractivity contribution in [2.75, 3.05) is 20.2 Å². The molecule has 0 spiro atoms. The Morgan fingerprint density at radius 2 is 1.84 bits per heavy atom. The van der Waals surface area contributed by atoms with E-state index < -0.39 is 21.8 Å². The predicted molar refractivity (Wildman–Crippen MR) is 113 cm³/mol. The van der Waals surface area contributed by atoms with Gasteiger partial charge in [0.2, 0.25) is 10.0 Å². The molecule has 1 aliphatic rings. The molecule has 162 valence electrons. The molecule has 1 saturated heterocycles. The standard InChI is InChI=1S/C22H21FN2O5S/c1-30-21-8-5-14(23)11-18(21)20-13-17(22(26)27)16-12-15(6-7-19(16)24-20)31(28,29)25-9-3-2-4-10-25/h5-8,11-13H,2-4,9-10H2,1H3,(H,26,27). The second-order valence-corrected chi connectivity index (χ2v) is 9.29. The largest absolute Gasteiger partial charge is 0.496 e. The van der Waals surface area contributed by atoms with Crippen molar-refractivity contribution in [2.45, 2.75) is 24.2 Å². The first-order chi connectivity index (χ1) is 14.8. The van der Waals surface area contributed by atoms with E-state index in [1.165, 1.54) is 53.9 Å². The van der Waals surface area contributed by atoms with Crippen molar-refractivity contribution in [1.29, 1.82) is 0 Å². The number of aromatic nitrogens is 1. The number of nitrogens with zero attached hydrogens (tertiary/aromatic N) is 2. The first kappa shape index (κ1) is 21.2. The summed E-state index contributed by atoms with van der Waals surface area (Å²) in [6, 6.07) is 9.45. The number of fused-ring (bicyclic) bond motifs is 1. The normalized spacial score (nSPS) is 15.2. The number of piperidine rings is 1. The highest BCUT2D eigenvalue weighted by atomic mass is 32.2. The van der Waals surface area contributed by atoms with Crippen LogP contribution < -0.4 is 4.74 Å². The van der Waals surface area contributed by atoms with Gasteiger partial charge in [0.15, 0.2) is 0 Å². The molecule has 2 heterocycles. The Morgan fingerprint density at radius 1 is 1.10 bits per heavy atom. The number of methoxy groups -OCH3 is 1. The summed E-state index contributed by atoms with van der Waals surface area (Å²) >= 11 is 0. The summed E-state index contributed by atoms with van der Waals surface area (Å²) in [7, 11) is -2.31. The first-order valence-electron chi connectivity index (χ1n) is 9.83. The molecule has 31 heavy (non-hydrogen) atoms. The molecule has 7 nitrogen and oxygen atoms in total. The molecule has 1 N–H and O–H groups in total. The molecule has 0 unspecified atom stereocenters. The van der Waals surface area contributed by atoms with Crippen molar-refractivity contribution >= 4 is 26.9 Å². The number of carboxylic acids is 1. The summed E-state index contributed by atoms with van der Waals surface area (Å²) in [6.07, 6.45) is 2.59. The van der Waals surface area contributed by atoms with Crippen LogP contribution in [0, 0.1) is 5.82 Å². The van der Waals surface area contributed by atoms with Crippen LogP contribution in [0.2, 0.25) is 0 Å². The lowest BCUT2D eigenvalue weighted by molar-refractivity contribution is 0.0699. The smallest absolute Gasteiger partial charge is 0.336 e. The average Bonchev–Trinajstić information content (AvgIpc) is 2.78. The molecule has 1 aliphatic heterocycles. The van der Waals surface area contributed by atoms with Gasteiger partial charge in [0.1, 0.15) is 11.6 Å². The number of aromatic carboxylic acids is 1. The second-order valence-electron chi connectivity index (χ2n) is 7.35. The Kier molecular flexibility index (Phi) is 5.63. The van der Waals surface area contributed by atoms with Crippen molar-refractivity contribution < 1.29 is 27.4 Å². The van der Waals surface area contributed by atoms with Crippen LogP contribution in [0.1, 0.15) is 29.6 Å². The number of hydrogen-bond acceptors (Lipinski definition) is 5. The Labute approximate surface area is 179 Å². The predicted octanol–water partition coefficient (Wildman–Crippen LogP) is 3.92. The quantitative estimate of drug-likeness (QED) is 0.641. The Hall–Kier alpha value is -3.04. The summed E-state index contributed by atoms with van der Waals surface area (Å²) in [6.45, 7) is 0.894. The fourth-order valence-corrected chi connectivity index (χ4v) is 5.36. The van der Waals surface area contributed by atoms with E-state index in [-0.39, 0.29) is 21.5 Å². The van der Waals surface area contributed by atoms with E-state index in [0.29, 0.717) is 29.9 Å². The number of carboxylic acid groups (broad SMARTS) is 1. The monoisotopic (exact) mass is 444 g/mol. The van der Waals surface area contributed by atoms with Gasteiger partial charge in [-0.1, -0.05) is 6.42 Å². The Morgan fingerprint density at radius 3 is 2.52 bits per heavy atom. The fourth-order valence-electron chi connectivity index (χ4n) is 3.81. The molecule has 0 bridgehead atoms. The van der Waals surface area contributed by atoms with E-state index in [1.54, 1.807) is 0 Å². The Bertz CT molecular complexity index is 1270. The number of carbonyl (C=O) groups is 1. The van der Waals surface area contributed by atoms with Crippen molar-refractivity contribution in [3.05, 3.63) is 53.8 Å². The molecule has 0 atom stereocenters. The number of pyridine rings is 1. The number of sulfonamides is 1. The maximum Gasteiger partial charge on any atom is 0.336 e. The van der Waals surface area contributed by atoms with Gasteiger partial charge in [0.25, 0.3) is 0 Å². The maximum atomic E-state index is 13.8. The van der Waals surface area contributed by atoms with Crippen LogP contribution in [0.3, 0.4) is 0 Å². The molecule has 1 aromatic heterocycles. The van der Waals surface area contributed by atoms with E-state index in [0.717, 1.165) is 19.3 Å². The molecule has 0 radical (unpaired) electrons. The van der Waals surface area contributed by atoms with E-state index in [4.69, 9.17) is 4.74 Å². The van der Waals surface area contributed by atoms with Gasteiger partial charge < -0.3 is 9.84 Å². The van der Waals surface area contributed by atoms with Crippen LogP contribution in [-0.2, 0) is 10.0 Å². The SMILES string of the molecule is COc1ccc(F)cc1-c1cc(C(=O)O)c2cc(S(=O)(=O)N3CCCCC3)ccc2n1. The Balaban J connectivity index is 1.88. The van der Waals surface area contributed by atoms with Gasteiger partial charge in [-0.15, -0.1) is 0 Å². The third-order valence-corrected chi connectivity index (χ3v) is 7.30. The van der Waals surface area contributed by atoms with Gasteiger partial charge >= 0.3 is 5.97 Å². The molecule has 1 fully saturated rings. The molecular weight excluding hydrogens is 423 g/mol. The van der Waals surface area contributed by atoms with Crippen LogP contribution in [0.4, 0.5) is 4.39 Å². The lowest BCUT2D eigenvalue weighted by atomic mass is 10.0. The summed E-state index contributed by atoms with van der Waals surface area (Å²) < 4.78 is 46.6. The van der Waals surface area contributed by atoms with E-state index >= 15 is 0 Å². The highest BCUT2D eigenvalue weighted by Gasteiger charge is 2.27. The third-order valence-electron chi connectivity index (χ3n) is 5.40. The van der Waals surface area contributed by atoms with Crippen molar-refractivity contribution in [3.63, 3.8) is 0 Å². The number of benzene rings is 2. The fraction of sp³-hybridized carbons (Fsp3) is 0.273. The minimum atomic E-state index is -3.73. The third kappa shape index (κ3) is 3.98. The highest BCUT2D eigenvalue weighted by molar-refractivity contribution is 7.89. The molecular formula is C22H21FN2O5S. The number of hydrogen-bond donors (Lipinski definition) is 1. The molecule has 3 aromatic rings. The number of halogens is 1. The van der Waals surface area contributed by atoms with Crippen LogP contribution in [0.15, 0.2) is 47.4 Å². The first-order valence-corrected chi connectivity index (χ1v) is 11.3. The van der Waals surface area contributed by atoms with Gasteiger partial charge in [0, 0.05) is 24.0 Å². The van der Waals surface area contributed by atoms with E-state index in [9.17, 15) is 22.7 Å². The van der Waals surface area contributed by atoms with Gasteiger partial charge in [-0.2, -0.15) is 4.31 Å². The van der Waals surface area contributed by atoms with Gasteiger partial charge in [-0.3, -0.25) is 0 Å². The minimum Gasteiger partial charge on any atom is -0.496 e. The van der Waals surface area contributed by atoms with Gasteiger partial charge in [0.05, 0.1) is 28.8 Å². The topological polar surface area (TPSA) is 96.8 Å². The molecule has 9 heteroatoms. The summed E-state index contributed by atoms with van der Waals surface area (Å²) in [4.78, 5) is 16.5. The minimum absolute atomic E-state index is 0.0299. The zero-order valence-electron chi connectivity index (χ0n) is 16.8. The molecule has 0 amide bonds. The second kappa shape index (κ2) is 8.24. The van der Waals surface area contributed by atoms with Crippen LogP contribution in [0.5, 0.6) is 5.75 Å². The van der Waals surface area contributed by atoms with Crippen molar-refractivity contribution in [1.82, 2.24) is 9.29 Å². The maximum absolute atomic E-state index is 13.8. The lowest BCUT2D eigenvalue weighted by Crippen LogP contribution is -2.35. The summed E-state index contributed by atoms with van der Waals surface area (Å²) in [5.74, 6) is -1.41. The molecule has 0 saturated carbocycles. The average molecular weight is 444 g/mol. The van der Waals surface area contributed by atoms with Gasteiger partial charge in [-0.05, 0) is 55.3 Å². The highest BCUT2D eigenvalue weighted by Crippen LogP contribution is 2.33. The van der Waals surface area contributed by atoms with Crippen LogP contribution in [-0.4, -0.2) is 49.0 Å². The van der Waals surface area contributed by atoms with E-state index in [1.807, 2.05) is 0 Å². The van der Waals surface area contributed by atoms with Crippen molar-refractivity contribution in [3.8, 4) is 17.0 Å². The van der Waals surface area contributed by atoms with Gasteiger partial charge in [-0.25, -0.2) is 22.6 Å². The summed E-state index contributed by atoms with van der Waals surface area (Å²) in [5, 5.41) is 9.98. The summed E-state index contributed by atoms with van der Waals surface area (Å²) in [5.41, 5.74) is 0.686. The van der Waals surface area contributed by atoms with E-state index in [2.05, 4.69) is 4.98 Å². The number of rotatable bonds is 5. The lowest BCUT2D eigenvalue weighted by Gasteiger charge is -2.26. The van der Waals surface area contributed by atoms with Crippen molar-refractivity contribution in [2.24, 2.45) is 0 Å². The zero-order valence-corrected chi connectivity index (χ0v) is 17.7. The molecule has 0 aliphatic carbocycles. The van der Waals surface area contributed by atoms with Crippen LogP contribution >= 0.6 is 0 Å². The van der Waals surface area contributed by atoms with Crippen LogP contribution in [0.25, 0.3) is 22.2 Å². The molecule has 2 aromatic carbocycles. The molecule has 4 rings (SSSR count). The number of ether oxygens (including phenoxy) is 1. The zero-order chi connectivity index (χ0) is 22.2.